The van der Waals surface area contributed by atoms with Crippen LogP contribution in [0.4, 0.5) is 0 Å². The molecule has 0 N–H and O–H groups in total. The van der Waals surface area contributed by atoms with Gasteiger partial charge in [-0.05, 0) is 61.1 Å². The Morgan fingerprint density at radius 1 is 0.559 bits per heavy atom. The molecule has 0 saturated carbocycles. The van der Waals surface area contributed by atoms with E-state index in [1.165, 1.54) is 44.5 Å². The van der Waals surface area contributed by atoms with Crippen LogP contribution in [0.15, 0.2) is 84.9 Å². The van der Waals surface area contributed by atoms with Crippen molar-refractivity contribution >= 4 is 12.2 Å². The van der Waals surface area contributed by atoms with Crippen LogP contribution in [-0.4, -0.2) is 0 Å². The Morgan fingerprint density at radius 2 is 1.00 bits per heavy atom. The fourth-order valence-electron chi connectivity index (χ4n) is 6.02. The van der Waals surface area contributed by atoms with Crippen molar-refractivity contribution in [3.8, 4) is 22.6 Å². The number of aryl methyl sites for hydroxylation is 2. The first kappa shape index (κ1) is 20.7. The highest BCUT2D eigenvalue weighted by Gasteiger charge is 2.51. The standard InChI is InChI=1S/C33H28O/c1-5-11-23-21(3)17-19-29-31(23)34-32-24(12-6-2)22(4)18-20-30(32)33(29)27-15-9-7-13-25(27)26-14-8-10-16-28(26)33/h5-20H,1-4H3/b11-5-,12-6-. The van der Waals surface area contributed by atoms with Crippen molar-refractivity contribution in [2.75, 3.05) is 0 Å². The normalized spacial score (nSPS) is 14.7. The van der Waals surface area contributed by atoms with Crippen molar-refractivity contribution in [1.29, 1.82) is 0 Å². The molecule has 4 aromatic rings. The lowest BCUT2D eigenvalue weighted by Crippen LogP contribution is -2.33. The average Bonchev–Trinajstić information content (AvgIpc) is 3.14. The summed E-state index contributed by atoms with van der Waals surface area (Å²) in [5.41, 5.74) is 12.0. The van der Waals surface area contributed by atoms with Crippen LogP contribution in [0.2, 0.25) is 0 Å². The molecule has 2 aliphatic rings. The summed E-state index contributed by atoms with van der Waals surface area (Å²) in [6, 6.07) is 26.8. The molecule has 0 aromatic heterocycles. The zero-order valence-electron chi connectivity index (χ0n) is 20.1. The minimum Gasteiger partial charge on any atom is -0.455 e. The van der Waals surface area contributed by atoms with E-state index in [9.17, 15) is 0 Å². The molecule has 0 bridgehead atoms. The van der Waals surface area contributed by atoms with Crippen LogP contribution in [0.25, 0.3) is 23.3 Å². The van der Waals surface area contributed by atoms with Gasteiger partial charge in [-0.15, -0.1) is 0 Å². The molecule has 0 unspecified atom stereocenters. The fourth-order valence-corrected chi connectivity index (χ4v) is 6.02. The zero-order chi connectivity index (χ0) is 23.4. The zero-order valence-corrected chi connectivity index (χ0v) is 20.1. The Labute approximate surface area is 202 Å². The Balaban J connectivity index is 1.86. The van der Waals surface area contributed by atoms with Gasteiger partial charge < -0.3 is 4.74 Å². The molecule has 4 aromatic carbocycles. The van der Waals surface area contributed by atoms with E-state index < -0.39 is 5.41 Å². The summed E-state index contributed by atoms with van der Waals surface area (Å²) in [5.74, 6) is 1.93. The van der Waals surface area contributed by atoms with Gasteiger partial charge in [-0.3, -0.25) is 0 Å². The summed E-state index contributed by atoms with van der Waals surface area (Å²) in [5, 5.41) is 0. The quantitative estimate of drug-likeness (QED) is 0.261. The van der Waals surface area contributed by atoms with Crippen LogP contribution in [0.5, 0.6) is 11.5 Å². The Bertz CT molecular complexity index is 1400. The van der Waals surface area contributed by atoms with Crippen LogP contribution in [0.1, 0.15) is 58.4 Å². The third kappa shape index (κ3) is 2.56. The molecule has 1 heteroatoms. The summed E-state index contributed by atoms with van der Waals surface area (Å²) < 4.78 is 6.92. The molecular formula is C33H28O. The lowest BCUT2D eigenvalue weighted by atomic mass is 9.65. The summed E-state index contributed by atoms with van der Waals surface area (Å²) in [6.45, 7) is 8.48. The van der Waals surface area contributed by atoms with Crippen LogP contribution in [-0.2, 0) is 5.41 Å². The van der Waals surface area contributed by atoms with Gasteiger partial charge in [-0.25, -0.2) is 0 Å². The summed E-state index contributed by atoms with van der Waals surface area (Å²) in [4.78, 5) is 0. The third-order valence-corrected chi connectivity index (χ3v) is 7.46. The van der Waals surface area contributed by atoms with Crippen LogP contribution in [0, 0.1) is 13.8 Å². The second-order valence-electron chi connectivity index (χ2n) is 9.29. The maximum Gasteiger partial charge on any atom is 0.139 e. The van der Waals surface area contributed by atoms with E-state index >= 15 is 0 Å². The third-order valence-electron chi connectivity index (χ3n) is 7.46. The average molecular weight is 441 g/mol. The number of ether oxygens (including phenoxy) is 1. The van der Waals surface area contributed by atoms with Gasteiger partial charge in [0.2, 0.25) is 0 Å². The van der Waals surface area contributed by atoms with Crippen molar-refractivity contribution in [3.63, 3.8) is 0 Å². The predicted octanol–water partition coefficient (Wildman–Crippen LogP) is 8.84. The van der Waals surface area contributed by atoms with Crippen molar-refractivity contribution < 1.29 is 4.74 Å². The smallest absolute Gasteiger partial charge is 0.139 e. The molecule has 1 nitrogen and oxygen atoms in total. The monoisotopic (exact) mass is 440 g/mol. The van der Waals surface area contributed by atoms with Gasteiger partial charge in [0.25, 0.3) is 0 Å². The van der Waals surface area contributed by atoms with Crippen LogP contribution >= 0.6 is 0 Å². The largest absolute Gasteiger partial charge is 0.455 e. The first-order valence-corrected chi connectivity index (χ1v) is 12.0. The first-order chi connectivity index (χ1) is 16.6. The Kier molecular flexibility index (Phi) is 4.64. The van der Waals surface area contributed by atoms with Gasteiger partial charge in [0.05, 0.1) is 5.41 Å². The van der Waals surface area contributed by atoms with Crippen molar-refractivity contribution in [2.45, 2.75) is 33.1 Å². The van der Waals surface area contributed by atoms with E-state index in [0.717, 1.165) is 22.6 Å². The SMILES string of the molecule is C/C=C\c1c(C)ccc2c1Oc1c(ccc(C)c1/C=C\C)C21c2ccccc2-c2ccccc21. The van der Waals surface area contributed by atoms with E-state index in [1.807, 2.05) is 0 Å². The second kappa shape index (κ2) is 7.60. The maximum absolute atomic E-state index is 6.92. The highest BCUT2D eigenvalue weighted by atomic mass is 16.5. The summed E-state index contributed by atoms with van der Waals surface area (Å²) in [7, 11) is 0. The van der Waals surface area contributed by atoms with E-state index in [2.05, 4.69) is 125 Å². The van der Waals surface area contributed by atoms with E-state index in [0.29, 0.717) is 0 Å². The van der Waals surface area contributed by atoms with Gasteiger partial charge in [0.1, 0.15) is 11.5 Å². The fraction of sp³-hybridized carbons (Fsp3) is 0.152. The molecule has 1 spiro atoms. The topological polar surface area (TPSA) is 9.23 Å². The molecule has 0 atom stereocenters. The number of benzene rings is 4. The number of allylic oxidation sites excluding steroid dienone is 2. The molecule has 0 amide bonds. The number of hydrogen-bond donors (Lipinski definition) is 0. The summed E-state index contributed by atoms with van der Waals surface area (Å²) in [6.07, 6.45) is 8.58. The van der Waals surface area contributed by atoms with Gasteiger partial charge in [0.15, 0.2) is 0 Å². The van der Waals surface area contributed by atoms with Gasteiger partial charge in [0, 0.05) is 22.3 Å². The van der Waals surface area contributed by atoms with Crippen LogP contribution in [0.3, 0.4) is 0 Å². The highest BCUT2D eigenvalue weighted by molar-refractivity contribution is 5.90. The Morgan fingerprint density at radius 3 is 1.44 bits per heavy atom. The minimum absolute atomic E-state index is 0.426. The summed E-state index contributed by atoms with van der Waals surface area (Å²) >= 11 is 0. The molecule has 1 aliphatic carbocycles. The molecule has 166 valence electrons. The molecule has 0 radical (unpaired) electrons. The highest BCUT2D eigenvalue weighted by Crippen LogP contribution is 2.63. The predicted molar refractivity (Wildman–Crippen MR) is 143 cm³/mol. The first-order valence-electron chi connectivity index (χ1n) is 12.0. The number of rotatable bonds is 2. The second-order valence-corrected chi connectivity index (χ2v) is 9.29. The van der Waals surface area contributed by atoms with E-state index in [4.69, 9.17) is 4.74 Å². The minimum atomic E-state index is -0.426. The molecule has 1 heterocycles. The molecule has 6 rings (SSSR count). The molecule has 0 fully saturated rings. The van der Waals surface area contributed by atoms with Gasteiger partial charge in [-0.1, -0.05) is 97.1 Å². The number of hydrogen-bond acceptors (Lipinski definition) is 1. The molecule has 34 heavy (non-hydrogen) atoms. The van der Waals surface area contributed by atoms with Gasteiger partial charge in [-0.2, -0.15) is 0 Å². The van der Waals surface area contributed by atoms with Crippen molar-refractivity contribution in [3.05, 3.63) is 129 Å². The van der Waals surface area contributed by atoms with E-state index in [1.54, 1.807) is 0 Å². The molecule has 1 aliphatic heterocycles. The van der Waals surface area contributed by atoms with Gasteiger partial charge >= 0.3 is 0 Å². The lowest BCUT2D eigenvalue weighted by Gasteiger charge is -2.41. The van der Waals surface area contributed by atoms with Crippen molar-refractivity contribution in [2.24, 2.45) is 0 Å². The maximum atomic E-state index is 6.92. The number of fused-ring (bicyclic) bond motifs is 9. The molecule has 0 saturated heterocycles. The molecular weight excluding hydrogens is 412 g/mol. The Hall–Kier alpha value is -3.84. The van der Waals surface area contributed by atoms with E-state index in [-0.39, 0.29) is 0 Å². The van der Waals surface area contributed by atoms with Crippen molar-refractivity contribution in [1.82, 2.24) is 0 Å². The lowest BCUT2D eigenvalue weighted by molar-refractivity contribution is 0.433. The van der Waals surface area contributed by atoms with Crippen LogP contribution < -0.4 is 4.74 Å².